The highest BCUT2D eigenvalue weighted by Gasteiger charge is 2.13. The monoisotopic (exact) mass is 187 g/mol. The maximum atomic E-state index is 5.57. The molecule has 1 atom stereocenters. The van der Waals surface area contributed by atoms with Gasteiger partial charge in [0.2, 0.25) is 0 Å². The van der Waals surface area contributed by atoms with Crippen LogP contribution in [0, 0.1) is 11.8 Å². The number of halogens is 3. The summed E-state index contributed by atoms with van der Waals surface area (Å²) in [5.41, 5.74) is 0. The van der Waals surface area contributed by atoms with E-state index in [0.717, 1.165) is 5.92 Å². The molecular weight excluding hydrogens is 178 g/mol. The van der Waals surface area contributed by atoms with Gasteiger partial charge in [-0.15, -0.1) is 34.8 Å². The van der Waals surface area contributed by atoms with Crippen molar-refractivity contribution < 1.29 is 0 Å². The van der Waals surface area contributed by atoms with Crippen molar-refractivity contribution in [2.75, 3.05) is 17.6 Å². The van der Waals surface area contributed by atoms with Gasteiger partial charge in [-0.05, 0) is 5.92 Å². The van der Waals surface area contributed by atoms with Crippen molar-refractivity contribution >= 4 is 34.8 Å². The smallest absolute Gasteiger partial charge is 0.0300 e. The first-order chi connectivity index (χ1) is 4.26. The summed E-state index contributed by atoms with van der Waals surface area (Å²) < 4.78 is 0. The Bertz CT molecular complexity index is 61.3. The average Bonchev–Trinajstić information content (AvgIpc) is 1.90. The molecule has 0 spiro atoms. The summed E-state index contributed by atoms with van der Waals surface area (Å²) in [6.45, 7) is 2.02. The third kappa shape index (κ3) is 3.54. The summed E-state index contributed by atoms with van der Waals surface area (Å²) >= 11 is 16.7. The van der Waals surface area contributed by atoms with Crippen LogP contribution in [-0.2, 0) is 0 Å². The molecular formula is C6H10Cl3. The molecule has 0 heterocycles. The molecule has 0 N–H and O–H groups in total. The Balaban J connectivity index is 3.50. The Morgan fingerprint density at radius 2 is 1.67 bits per heavy atom. The first-order valence-corrected chi connectivity index (χ1v) is 4.39. The standard InChI is InChI=1S/C6H10Cl3/c1-5(2-7)6(3-8)4-9/h5H,2-4H2,1H3. The van der Waals surface area contributed by atoms with Crippen molar-refractivity contribution in [2.45, 2.75) is 6.92 Å². The van der Waals surface area contributed by atoms with E-state index in [1.807, 2.05) is 6.92 Å². The van der Waals surface area contributed by atoms with Gasteiger partial charge in [0.25, 0.3) is 0 Å². The van der Waals surface area contributed by atoms with Crippen LogP contribution < -0.4 is 0 Å². The normalized spacial score (nSPS) is 14.3. The zero-order chi connectivity index (χ0) is 7.28. The molecule has 0 rings (SSSR count). The molecule has 0 aromatic rings. The van der Waals surface area contributed by atoms with Crippen molar-refractivity contribution in [1.29, 1.82) is 0 Å². The van der Waals surface area contributed by atoms with Gasteiger partial charge in [-0.2, -0.15) is 0 Å². The van der Waals surface area contributed by atoms with Crippen LogP contribution >= 0.6 is 34.8 Å². The zero-order valence-electron chi connectivity index (χ0n) is 5.33. The van der Waals surface area contributed by atoms with Crippen LogP contribution in [0.2, 0.25) is 0 Å². The minimum atomic E-state index is 0.349. The van der Waals surface area contributed by atoms with Gasteiger partial charge in [-0.25, -0.2) is 0 Å². The van der Waals surface area contributed by atoms with Gasteiger partial charge >= 0.3 is 0 Å². The second kappa shape index (κ2) is 5.64. The van der Waals surface area contributed by atoms with E-state index >= 15 is 0 Å². The first-order valence-electron chi connectivity index (χ1n) is 2.78. The number of rotatable bonds is 4. The minimum absolute atomic E-state index is 0.349. The van der Waals surface area contributed by atoms with Crippen molar-refractivity contribution in [3.05, 3.63) is 5.92 Å². The third-order valence-corrected chi connectivity index (χ3v) is 2.42. The highest BCUT2D eigenvalue weighted by molar-refractivity contribution is 6.23. The highest BCUT2D eigenvalue weighted by atomic mass is 35.5. The van der Waals surface area contributed by atoms with Gasteiger partial charge in [-0.3, -0.25) is 0 Å². The van der Waals surface area contributed by atoms with Crippen LogP contribution in [0.3, 0.4) is 0 Å². The molecule has 0 aliphatic heterocycles. The van der Waals surface area contributed by atoms with Crippen molar-refractivity contribution in [2.24, 2.45) is 5.92 Å². The lowest BCUT2D eigenvalue weighted by molar-refractivity contribution is 0.683. The van der Waals surface area contributed by atoms with Gasteiger partial charge in [0.15, 0.2) is 0 Å². The molecule has 0 aliphatic rings. The number of hydrogen-bond acceptors (Lipinski definition) is 0. The molecule has 0 amide bonds. The van der Waals surface area contributed by atoms with E-state index in [0.29, 0.717) is 23.6 Å². The van der Waals surface area contributed by atoms with E-state index in [1.54, 1.807) is 0 Å². The molecule has 3 heteroatoms. The van der Waals surface area contributed by atoms with Crippen LogP contribution in [0.4, 0.5) is 0 Å². The van der Waals surface area contributed by atoms with Gasteiger partial charge in [0, 0.05) is 23.6 Å². The predicted octanol–water partition coefficient (Wildman–Crippen LogP) is 2.91. The molecule has 0 bridgehead atoms. The van der Waals surface area contributed by atoms with Crippen molar-refractivity contribution in [3.63, 3.8) is 0 Å². The number of alkyl halides is 3. The second-order valence-electron chi connectivity index (χ2n) is 1.98. The van der Waals surface area contributed by atoms with Crippen molar-refractivity contribution in [1.82, 2.24) is 0 Å². The lowest BCUT2D eigenvalue weighted by Crippen LogP contribution is -2.13. The van der Waals surface area contributed by atoms with E-state index in [4.69, 9.17) is 34.8 Å². The topological polar surface area (TPSA) is 0 Å². The Labute approximate surface area is 71.5 Å². The average molecular weight is 189 g/mol. The van der Waals surface area contributed by atoms with Crippen LogP contribution in [0.1, 0.15) is 6.92 Å². The van der Waals surface area contributed by atoms with Gasteiger partial charge in [-0.1, -0.05) is 6.92 Å². The number of hydrogen-bond donors (Lipinski definition) is 0. The molecule has 0 aromatic carbocycles. The quantitative estimate of drug-likeness (QED) is 0.595. The summed E-state index contributed by atoms with van der Waals surface area (Å²) in [6, 6.07) is 0. The summed E-state index contributed by atoms with van der Waals surface area (Å²) in [5, 5.41) is 0. The van der Waals surface area contributed by atoms with Crippen LogP contribution in [0.5, 0.6) is 0 Å². The van der Waals surface area contributed by atoms with Gasteiger partial charge in [0.1, 0.15) is 0 Å². The molecule has 0 nitrogen and oxygen atoms in total. The van der Waals surface area contributed by atoms with Crippen LogP contribution in [0.15, 0.2) is 0 Å². The Kier molecular flexibility index (Phi) is 6.18. The molecule has 0 aliphatic carbocycles. The highest BCUT2D eigenvalue weighted by Crippen LogP contribution is 2.18. The maximum absolute atomic E-state index is 5.57. The van der Waals surface area contributed by atoms with Gasteiger partial charge < -0.3 is 0 Å². The molecule has 0 fully saturated rings. The summed E-state index contributed by atoms with van der Waals surface area (Å²) in [4.78, 5) is 0. The van der Waals surface area contributed by atoms with E-state index in [2.05, 4.69) is 0 Å². The largest absolute Gasteiger partial charge is 0.126 e. The summed E-state index contributed by atoms with van der Waals surface area (Å²) in [5.74, 6) is 3.12. The first kappa shape index (κ1) is 9.87. The SMILES string of the molecule is CC(CCl)[C](CCl)CCl. The Hall–Kier alpha value is 0.870. The van der Waals surface area contributed by atoms with E-state index < -0.39 is 0 Å². The molecule has 0 saturated carbocycles. The third-order valence-electron chi connectivity index (χ3n) is 1.27. The maximum Gasteiger partial charge on any atom is 0.0300 e. The second-order valence-corrected chi connectivity index (χ2v) is 2.82. The van der Waals surface area contributed by atoms with Crippen LogP contribution in [0.25, 0.3) is 0 Å². The van der Waals surface area contributed by atoms with Gasteiger partial charge in [0.05, 0.1) is 0 Å². The Morgan fingerprint density at radius 1 is 1.22 bits per heavy atom. The summed E-state index contributed by atoms with van der Waals surface area (Å²) in [6.07, 6.45) is 0. The molecule has 0 aromatic heterocycles. The lowest BCUT2D eigenvalue weighted by atomic mass is 10.0. The molecule has 9 heavy (non-hydrogen) atoms. The molecule has 55 valence electrons. The van der Waals surface area contributed by atoms with E-state index in [-0.39, 0.29) is 0 Å². The fourth-order valence-electron chi connectivity index (χ4n) is 0.408. The fraction of sp³-hybridized carbons (Fsp3) is 0.833. The molecule has 1 radical (unpaired) electrons. The molecule has 1 unspecified atom stereocenters. The molecule has 0 saturated heterocycles. The van der Waals surface area contributed by atoms with Crippen molar-refractivity contribution in [3.8, 4) is 0 Å². The predicted molar refractivity (Wildman–Crippen MR) is 44.6 cm³/mol. The van der Waals surface area contributed by atoms with E-state index in [1.165, 1.54) is 0 Å². The lowest BCUT2D eigenvalue weighted by Gasteiger charge is -2.14. The van der Waals surface area contributed by atoms with E-state index in [9.17, 15) is 0 Å². The minimum Gasteiger partial charge on any atom is -0.126 e. The Morgan fingerprint density at radius 3 is 1.78 bits per heavy atom. The van der Waals surface area contributed by atoms with Crippen LogP contribution in [-0.4, -0.2) is 17.6 Å². The summed E-state index contributed by atoms with van der Waals surface area (Å²) in [7, 11) is 0. The fourth-order valence-corrected chi connectivity index (χ4v) is 1.44. The zero-order valence-corrected chi connectivity index (χ0v) is 7.60.